The molecule has 1 aromatic rings. The Balaban J connectivity index is 0.000000271. The van der Waals surface area contributed by atoms with Gasteiger partial charge in [-0.25, -0.2) is 0 Å². The molecular formula is C22H32OSiTi. The summed E-state index contributed by atoms with van der Waals surface area (Å²) >= 11 is 0.350. The van der Waals surface area contributed by atoms with Crippen LogP contribution in [0, 0.1) is 0 Å². The second kappa shape index (κ2) is 12.3. The topological polar surface area (TPSA) is 9.23 Å². The zero-order valence-electron chi connectivity index (χ0n) is 16.6. The number of allylic oxidation sites excluding steroid dienone is 7. The van der Waals surface area contributed by atoms with E-state index in [-0.39, 0.29) is 6.66 Å². The van der Waals surface area contributed by atoms with Gasteiger partial charge in [0, 0.05) is 0 Å². The van der Waals surface area contributed by atoms with E-state index < -0.39 is 0 Å². The summed E-state index contributed by atoms with van der Waals surface area (Å²) in [6, 6.07) is 9.88. The Morgan fingerprint density at radius 3 is 2.40 bits per heavy atom. The number of hydrogen-bond acceptors (Lipinski definition) is 1. The van der Waals surface area contributed by atoms with Gasteiger partial charge in [0.15, 0.2) is 0 Å². The predicted molar refractivity (Wildman–Crippen MR) is 110 cm³/mol. The van der Waals surface area contributed by atoms with Crippen LogP contribution >= 0.6 is 0 Å². The Hall–Kier alpha value is -1.09. The molecule has 0 N–H and O–H groups in total. The summed E-state index contributed by atoms with van der Waals surface area (Å²) < 4.78 is 7.44. The summed E-state index contributed by atoms with van der Waals surface area (Å²) in [6.07, 6.45) is 10.1. The van der Waals surface area contributed by atoms with Gasteiger partial charge in [0.25, 0.3) is 0 Å². The number of benzene rings is 1. The first kappa shape index (κ1) is 22.0. The molecule has 0 aromatic heterocycles. The fourth-order valence-electron chi connectivity index (χ4n) is 2.36. The molecule has 0 saturated heterocycles. The van der Waals surface area contributed by atoms with Crippen molar-refractivity contribution in [3.05, 3.63) is 75.2 Å². The minimum absolute atomic E-state index is 0.235. The van der Waals surface area contributed by atoms with Crippen LogP contribution in [-0.4, -0.2) is 13.3 Å². The van der Waals surface area contributed by atoms with E-state index in [2.05, 4.69) is 58.2 Å². The molecule has 0 aliphatic heterocycles. The zero-order chi connectivity index (χ0) is 18.7. The maximum Gasteiger partial charge on any atom is 0.119 e. The molecule has 134 valence electrons. The minimum atomic E-state index is -0.235. The predicted octanol–water partition coefficient (Wildman–Crippen LogP) is 6.26. The van der Waals surface area contributed by atoms with Crippen molar-refractivity contribution < 1.29 is 23.1 Å². The number of rotatable bonds is 6. The van der Waals surface area contributed by atoms with Gasteiger partial charge in [0.1, 0.15) is 12.4 Å². The minimum Gasteiger partial charge on any atom is -0.489 e. The van der Waals surface area contributed by atoms with Crippen LogP contribution in [0.25, 0.3) is 0 Å². The van der Waals surface area contributed by atoms with Crippen LogP contribution in [0.3, 0.4) is 0 Å². The van der Waals surface area contributed by atoms with Crippen LogP contribution in [0.1, 0.15) is 34.1 Å². The first-order valence-corrected chi connectivity index (χ1v) is 15.4. The summed E-state index contributed by atoms with van der Waals surface area (Å²) in [5.74, 6) is 0.920. The Kier molecular flexibility index (Phi) is 10.8. The average Bonchev–Trinajstić information content (AvgIpc) is 2.98. The van der Waals surface area contributed by atoms with Crippen molar-refractivity contribution in [3.8, 4) is 5.75 Å². The molecule has 1 nitrogen and oxygen atoms in total. The first-order valence-electron chi connectivity index (χ1n) is 9.03. The van der Waals surface area contributed by atoms with Gasteiger partial charge < -0.3 is 4.74 Å². The molecule has 1 aromatic carbocycles. The fourth-order valence-corrected chi connectivity index (χ4v) is 8.60. The van der Waals surface area contributed by atoms with Crippen molar-refractivity contribution in [3.63, 3.8) is 0 Å². The largest absolute Gasteiger partial charge is 0.489 e. The Morgan fingerprint density at radius 2 is 1.88 bits per heavy atom. The van der Waals surface area contributed by atoms with Gasteiger partial charge in [-0.1, -0.05) is 35.9 Å². The van der Waals surface area contributed by atoms with Crippen LogP contribution in [0.4, 0.5) is 0 Å². The Labute approximate surface area is 164 Å². The molecule has 0 fully saturated rings. The maximum atomic E-state index is 5.62. The van der Waals surface area contributed by atoms with Gasteiger partial charge in [0.2, 0.25) is 0 Å². The van der Waals surface area contributed by atoms with E-state index in [0.29, 0.717) is 25.0 Å². The zero-order valence-corrected chi connectivity index (χ0v) is 19.3. The smallest absolute Gasteiger partial charge is 0.119 e. The third-order valence-corrected chi connectivity index (χ3v) is 9.97. The van der Waals surface area contributed by atoms with Gasteiger partial charge >= 0.3 is 73.1 Å². The van der Waals surface area contributed by atoms with E-state index in [9.17, 15) is 0 Å². The molecule has 0 bridgehead atoms. The molecule has 0 amide bonds. The van der Waals surface area contributed by atoms with Crippen LogP contribution in [0.15, 0.2) is 75.2 Å². The summed E-state index contributed by atoms with van der Waals surface area (Å²) in [6.45, 7) is 13.8. The normalized spacial score (nSPS) is 14.5. The molecule has 3 heteroatoms. The quantitative estimate of drug-likeness (QED) is 0.413. The maximum absolute atomic E-state index is 5.62. The number of para-hydroxylation sites is 1. The van der Waals surface area contributed by atoms with Gasteiger partial charge in [-0.2, -0.15) is 0 Å². The SMILES string of the molecule is CC1=[C]([Ti][SiH](C)C)CC=C1.CC=C(C)C=C(C)COc1ccccc1. The van der Waals surface area contributed by atoms with Crippen molar-refractivity contribution >= 4 is 6.66 Å². The average molecular weight is 388 g/mol. The van der Waals surface area contributed by atoms with E-state index in [1.54, 1.807) is 5.57 Å². The standard InChI is InChI=1S/C14H18O.C6H7.C2H7Si.Ti/c1-4-12(2)10-13(3)11-15-14-8-6-5-7-9-14;1-6-4-2-3-5-6;1-3-2;/h4-10H,11H2,1-3H3;2,4H,3H2,1H3;3H,1-2H3;. The van der Waals surface area contributed by atoms with Gasteiger partial charge in [-0.15, -0.1) is 0 Å². The van der Waals surface area contributed by atoms with E-state index in [1.807, 2.05) is 41.1 Å². The molecule has 0 radical (unpaired) electrons. The molecule has 0 atom stereocenters. The van der Waals surface area contributed by atoms with E-state index in [0.717, 1.165) is 5.75 Å². The van der Waals surface area contributed by atoms with Crippen molar-refractivity contribution in [1.29, 1.82) is 0 Å². The Bertz CT molecular complexity index is 639. The molecule has 1 aliphatic rings. The number of hydrogen-bond donors (Lipinski definition) is 0. The summed E-state index contributed by atoms with van der Waals surface area (Å²) in [5.41, 5.74) is 4.08. The molecular weight excluding hydrogens is 356 g/mol. The molecule has 0 saturated carbocycles. The van der Waals surface area contributed by atoms with E-state index >= 15 is 0 Å². The summed E-state index contributed by atoms with van der Waals surface area (Å²) in [4.78, 5) is 0. The van der Waals surface area contributed by atoms with Gasteiger partial charge in [-0.3, -0.25) is 0 Å². The van der Waals surface area contributed by atoms with Crippen molar-refractivity contribution in [2.24, 2.45) is 0 Å². The van der Waals surface area contributed by atoms with Gasteiger partial charge in [0.05, 0.1) is 0 Å². The van der Waals surface area contributed by atoms with Crippen LogP contribution in [-0.2, 0) is 18.4 Å². The number of ether oxygens (including phenoxy) is 1. The molecule has 1 aliphatic carbocycles. The molecule has 25 heavy (non-hydrogen) atoms. The molecule has 0 unspecified atom stereocenters. The Morgan fingerprint density at radius 1 is 1.20 bits per heavy atom. The molecule has 0 spiro atoms. The van der Waals surface area contributed by atoms with Gasteiger partial charge in [-0.05, 0) is 38.5 Å². The van der Waals surface area contributed by atoms with Crippen molar-refractivity contribution in [2.75, 3.05) is 6.61 Å². The van der Waals surface area contributed by atoms with Crippen molar-refractivity contribution in [2.45, 2.75) is 47.2 Å². The first-order chi connectivity index (χ1) is 11.9. The molecule has 2 rings (SSSR count). The van der Waals surface area contributed by atoms with Crippen molar-refractivity contribution in [1.82, 2.24) is 0 Å². The van der Waals surface area contributed by atoms with Crippen LogP contribution in [0.2, 0.25) is 13.1 Å². The summed E-state index contributed by atoms with van der Waals surface area (Å²) in [7, 11) is 0. The third kappa shape index (κ3) is 9.84. The van der Waals surface area contributed by atoms with E-state index in [1.165, 1.54) is 17.6 Å². The van der Waals surface area contributed by atoms with E-state index in [4.69, 9.17) is 4.74 Å². The molecule has 0 heterocycles. The van der Waals surface area contributed by atoms with Crippen LogP contribution < -0.4 is 4.74 Å². The monoisotopic (exact) mass is 388 g/mol. The fraction of sp³-hybridized carbons (Fsp3) is 0.364. The second-order valence-electron chi connectivity index (χ2n) is 6.69. The second-order valence-corrected chi connectivity index (χ2v) is 17.0. The van der Waals surface area contributed by atoms with Crippen LogP contribution in [0.5, 0.6) is 5.75 Å². The summed E-state index contributed by atoms with van der Waals surface area (Å²) in [5, 5.41) is 0. The third-order valence-electron chi connectivity index (χ3n) is 3.77.